The predicted molar refractivity (Wildman–Crippen MR) is 107 cm³/mol. The van der Waals surface area contributed by atoms with E-state index in [4.69, 9.17) is 14.2 Å². The van der Waals surface area contributed by atoms with E-state index in [-0.39, 0.29) is 29.0 Å². The third-order valence-electron chi connectivity index (χ3n) is 4.79. The number of hydrogen-bond acceptors (Lipinski definition) is 6. The van der Waals surface area contributed by atoms with Crippen LogP contribution in [0.15, 0.2) is 42.5 Å². The minimum Gasteiger partial charge on any atom is -0.490 e. The van der Waals surface area contributed by atoms with Crippen LogP contribution in [-0.2, 0) is 0 Å². The molecule has 0 unspecified atom stereocenters. The number of hydrogen-bond donors (Lipinski definition) is 0. The Morgan fingerprint density at radius 1 is 1.14 bits per heavy atom. The predicted octanol–water partition coefficient (Wildman–Crippen LogP) is 3.69. The first kappa shape index (κ1) is 20.4. The van der Waals surface area contributed by atoms with Gasteiger partial charge in [0.05, 0.1) is 18.6 Å². The highest BCUT2D eigenvalue weighted by Gasteiger charge is 2.27. The number of piperidine rings is 1. The minimum atomic E-state index is -0.550. The molecule has 1 amide bonds. The van der Waals surface area contributed by atoms with Crippen LogP contribution in [-0.4, -0.2) is 48.6 Å². The SMILES string of the molecule is CCOc1ccccc1OC1CCN(C(=O)c2ccc(OC)c([N+](=O)[O-])c2)CC1. The second-order valence-corrected chi connectivity index (χ2v) is 6.63. The fourth-order valence-corrected chi connectivity index (χ4v) is 3.33. The maximum atomic E-state index is 12.8. The summed E-state index contributed by atoms with van der Waals surface area (Å²) in [6, 6.07) is 11.8. The average Bonchev–Trinajstić information content (AvgIpc) is 2.75. The van der Waals surface area contributed by atoms with Crippen molar-refractivity contribution in [3.63, 3.8) is 0 Å². The second-order valence-electron chi connectivity index (χ2n) is 6.63. The molecule has 1 aliphatic rings. The van der Waals surface area contributed by atoms with Crippen molar-refractivity contribution in [2.45, 2.75) is 25.9 Å². The summed E-state index contributed by atoms with van der Waals surface area (Å²) in [6.07, 6.45) is 1.32. The summed E-state index contributed by atoms with van der Waals surface area (Å²) in [5.41, 5.74) is 0.0580. The van der Waals surface area contributed by atoms with E-state index >= 15 is 0 Å². The molecule has 1 aliphatic heterocycles. The van der Waals surface area contributed by atoms with E-state index in [0.29, 0.717) is 44.0 Å². The molecule has 0 radical (unpaired) electrons. The van der Waals surface area contributed by atoms with Gasteiger partial charge in [-0.15, -0.1) is 0 Å². The van der Waals surface area contributed by atoms with Crippen LogP contribution in [0.4, 0.5) is 5.69 Å². The largest absolute Gasteiger partial charge is 0.490 e. The number of rotatable bonds is 7. The summed E-state index contributed by atoms with van der Waals surface area (Å²) in [7, 11) is 1.36. The van der Waals surface area contributed by atoms with E-state index in [2.05, 4.69) is 0 Å². The molecule has 0 atom stereocenters. The average molecular weight is 400 g/mol. The standard InChI is InChI=1S/C21H24N2O6/c1-3-28-19-6-4-5-7-20(19)29-16-10-12-22(13-11-16)21(24)15-8-9-18(27-2)17(14-15)23(25)26/h4-9,14,16H,3,10-13H2,1-2H3. The fourth-order valence-electron chi connectivity index (χ4n) is 3.33. The van der Waals surface area contributed by atoms with E-state index < -0.39 is 4.92 Å². The number of amides is 1. The number of methoxy groups -OCH3 is 1. The quantitative estimate of drug-likeness (QED) is 0.520. The molecule has 8 heteroatoms. The molecule has 8 nitrogen and oxygen atoms in total. The molecule has 154 valence electrons. The molecule has 2 aromatic rings. The molecule has 0 spiro atoms. The topological polar surface area (TPSA) is 91.1 Å². The van der Waals surface area contributed by atoms with Gasteiger partial charge in [-0.25, -0.2) is 0 Å². The van der Waals surface area contributed by atoms with Crippen molar-refractivity contribution in [1.82, 2.24) is 4.90 Å². The van der Waals surface area contributed by atoms with Crippen molar-refractivity contribution in [2.24, 2.45) is 0 Å². The van der Waals surface area contributed by atoms with Crippen molar-refractivity contribution >= 4 is 11.6 Å². The number of benzene rings is 2. The summed E-state index contributed by atoms with van der Waals surface area (Å²) in [4.78, 5) is 25.1. The second kappa shape index (κ2) is 9.27. The lowest BCUT2D eigenvalue weighted by Gasteiger charge is -2.32. The minimum absolute atomic E-state index is 0.0224. The normalized spacial score (nSPS) is 14.3. The van der Waals surface area contributed by atoms with Crippen molar-refractivity contribution in [3.8, 4) is 17.2 Å². The Kier molecular flexibility index (Phi) is 6.54. The first-order valence-electron chi connectivity index (χ1n) is 9.53. The summed E-state index contributed by atoms with van der Waals surface area (Å²) in [5, 5.41) is 11.2. The zero-order chi connectivity index (χ0) is 20.8. The molecule has 3 rings (SSSR count). The zero-order valence-electron chi connectivity index (χ0n) is 16.5. The molecule has 0 saturated carbocycles. The van der Waals surface area contributed by atoms with Crippen LogP contribution >= 0.6 is 0 Å². The molecule has 1 saturated heterocycles. The van der Waals surface area contributed by atoms with Crippen LogP contribution in [0.25, 0.3) is 0 Å². The van der Waals surface area contributed by atoms with Gasteiger partial charge in [-0.1, -0.05) is 12.1 Å². The van der Waals surface area contributed by atoms with Gasteiger partial charge in [0, 0.05) is 37.6 Å². The molecule has 0 aromatic heterocycles. The lowest BCUT2D eigenvalue weighted by atomic mass is 10.1. The van der Waals surface area contributed by atoms with Gasteiger partial charge in [0.1, 0.15) is 6.10 Å². The van der Waals surface area contributed by atoms with E-state index in [1.165, 1.54) is 19.2 Å². The van der Waals surface area contributed by atoms with Crippen LogP contribution in [0.2, 0.25) is 0 Å². The maximum absolute atomic E-state index is 12.8. The number of likely N-dealkylation sites (tertiary alicyclic amines) is 1. The van der Waals surface area contributed by atoms with Gasteiger partial charge < -0.3 is 19.1 Å². The summed E-state index contributed by atoms with van der Waals surface area (Å²) >= 11 is 0. The fraction of sp³-hybridized carbons (Fsp3) is 0.381. The van der Waals surface area contributed by atoms with Crippen molar-refractivity contribution < 1.29 is 23.9 Å². The van der Waals surface area contributed by atoms with Gasteiger partial charge in [0.2, 0.25) is 0 Å². The first-order chi connectivity index (χ1) is 14.0. The van der Waals surface area contributed by atoms with Crippen molar-refractivity contribution in [2.75, 3.05) is 26.8 Å². The highest BCUT2D eigenvalue weighted by molar-refractivity contribution is 5.95. The van der Waals surface area contributed by atoms with Crippen LogP contribution in [0.3, 0.4) is 0 Å². The Labute approximate surface area is 169 Å². The van der Waals surface area contributed by atoms with Gasteiger partial charge in [0.15, 0.2) is 17.2 Å². The van der Waals surface area contributed by atoms with E-state index in [0.717, 1.165) is 0 Å². The summed E-state index contributed by atoms with van der Waals surface area (Å²) < 4.78 is 16.7. The van der Waals surface area contributed by atoms with E-state index in [9.17, 15) is 14.9 Å². The molecule has 0 aliphatic carbocycles. The third-order valence-corrected chi connectivity index (χ3v) is 4.79. The molecule has 29 heavy (non-hydrogen) atoms. The Bertz CT molecular complexity index is 877. The Morgan fingerprint density at radius 2 is 1.83 bits per heavy atom. The van der Waals surface area contributed by atoms with Gasteiger partial charge in [-0.2, -0.15) is 0 Å². The molecular weight excluding hydrogens is 376 g/mol. The Hall–Kier alpha value is -3.29. The molecule has 1 fully saturated rings. The molecular formula is C21H24N2O6. The van der Waals surface area contributed by atoms with E-state index in [1.807, 2.05) is 31.2 Å². The molecule has 0 bridgehead atoms. The van der Waals surface area contributed by atoms with Gasteiger partial charge in [0.25, 0.3) is 5.91 Å². The smallest absolute Gasteiger partial charge is 0.311 e. The first-order valence-corrected chi connectivity index (χ1v) is 9.53. The molecule has 2 aromatic carbocycles. The van der Waals surface area contributed by atoms with E-state index in [1.54, 1.807) is 11.0 Å². The zero-order valence-corrected chi connectivity index (χ0v) is 16.5. The number of nitro groups is 1. The summed E-state index contributed by atoms with van der Waals surface area (Å²) in [6.45, 7) is 3.51. The highest BCUT2D eigenvalue weighted by atomic mass is 16.6. The molecule has 1 heterocycles. The van der Waals surface area contributed by atoms with Crippen LogP contribution in [0.1, 0.15) is 30.1 Å². The number of para-hydroxylation sites is 2. The van der Waals surface area contributed by atoms with Gasteiger partial charge in [-0.05, 0) is 31.2 Å². The molecule has 0 N–H and O–H groups in total. The Morgan fingerprint density at radius 3 is 2.45 bits per heavy atom. The van der Waals surface area contributed by atoms with Crippen molar-refractivity contribution in [3.05, 3.63) is 58.1 Å². The van der Waals surface area contributed by atoms with Crippen LogP contribution in [0, 0.1) is 10.1 Å². The lowest BCUT2D eigenvalue weighted by molar-refractivity contribution is -0.385. The van der Waals surface area contributed by atoms with Gasteiger partial charge >= 0.3 is 5.69 Å². The third kappa shape index (κ3) is 4.77. The number of ether oxygens (including phenoxy) is 3. The maximum Gasteiger partial charge on any atom is 0.311 e. The van der Waals surface area contributed by atoms with Crippen LogP contribution in [0.5, 0.6) is 17.2 Å². The lowest BCUT2D eigenvalue weighted by Crippen LogP contribution is -2.41. The number of nitro benzene ring substituents is 1. The van der Waals surface area contributed by atoms with Crippen molar-refractivity contribution in [1.29, 1.82) is 0 Å². The Balaban J connectivity index is 1.63. The number of nitrogens with zero attached hydrogens (tertiary/aromatic N) is 2. The van der Waals surface area contributed by atoms with Gasteiger partial charge in [-0.3, -0.25) is 14.9 Å². The van der Waals surface area contributed by atoms with Crippen LogP contribution < -0.4 is 14.2 Å². The number of carbonyl (C=O) groups is 1. The number of carbonyl (C=O) groups excluding carboxylic acids is 1. The monoisotopic (exact) mass is 400 g/mol. The summed E-state index contributed by atoms with van der Waals surface area (Å²) in [5.74, 6) is 1.31. The highest BCUT2D eigenvalue weighted by Crippen LogP contribution is 2.31.